The minimum Gasteiger partial charge on any atom is -0.343 e. The van der Waals surface area contributed by atoms with Crippen molar-refractivity contribution < 1.29 is 4.79 Å². The van der Waals surface area contributed by atoms with Crippen LogP contribution in [0.2, 0.25) is 5.02 Å². The number of hydrogen-bond acceptors (Lipinski definition) is 2. The van der Waals surface area contributed by atoms with Crippen LogP contribution in [0.5, 0.6) is 0 Å². The van der Waals surface area contributed by atoms with Crippen molar-refractivity contribution >= 4 is 34.9 Å². The summed E-state index contributed by atoms with van der Waals surface area (Å²) in [6, 6.07) is 11.7. The number of nitrogens with one attached hydrogen (secondary N) is 1. The summed E-state index contributed by atoms with van der Waals surface area (Å²) in [6.45, 7) is 0. The molecule has 1 amide bonds. The summed E-state index contributed by atoms with van der Waals surface area (Å²) in [5.41, 5.74) is 0.914. The third-order valence-electron chi connectivity index (χ3n) is 3.91. The molecule has 21 heavy (non-hydrogen) atoms. The van der Waals surface area contributed by atoms with Gasteiger partial charge in [-0.1, -0.05) is 29.8 Å². The van der Waals surface area contributed by atoms with Gasteiger partial charge in [0.2, 0.25) is 5.91 Å². The molecule has 1 fully saturated rings. The molecule has 1 heterocycles. The average Bonchev–Trinajstić information content (AvgIpc) is 2.95. The lowest BCUT2D eigenvalue weighted by Gasteiger charge is -2.43. The SMILES string of the molecule is O=C(/C=C/c1cccs1)NC1(c2ccc(Cl)cc2)CCC1. The highest BCUT2D eigenvalue weighted by molar-refractivity contribution is 7.10. The highest BCUT2D eigenvalue weighted by atomic mass is 35.5. The molecule has 0 spiro atoms. The van der Waals surface area contributed by atoms with Crippen molar-refractivity contribution in [2.45, 2.75) is 24.8 Å². The van der Waals surface area contributed by atoms with Crippen molar-refractivity contribution in [3.63, 3.8) is 0 Å². The maximum atomic E-state index is 12.2. The largest absolute Gasteiger partial charge is 0.343 e. The number of hydrogen-bond donors (Lipinski definition) is 1. The van der Waals surface area contributed by atoms with Gasteiger partial charge in [0.25, 0.3) is 0 Å². The normalized spacial score (nSPS) is 16.6. The molecule has 2 aromatic rings. The summed E-state index contributed by atoms with van der Waals surface area (Å²) in [7, 11) is 0. The van der Waals surface area contributed by atoms with Gasteiger partial charge >= 0.3 is 0 Å². The molecular weight excluding hydrogens is 302 g/mol. The summed E-state index contributed by atoms with van der Waals surface area (Å²) >= 11 is 7.56. The highest BCUT2D eigenvalue weighted by Crippen LogP contribution is 2.41. The van der Waals surface area contributed by atoms with Crippen molar-refractivity contribution in [1.82, 2.24) is 5.32 Å². The lowest BCUT2D eigenvalue weighted by Crippen LogP contribution is -2.50. The van der Waals surface area contributed by atoms with Crippen LogP contribution in [0.1, 0.15) is 29.7 Å². The number of halogens is 1. The molecule has 1 aliphatic carbocycles. The zero-order valence-electron chi connectivity index (χ0n) is 11.5. The molecule has 108 valence electrons. The van der Waals surface area contributed by atoms with E-state index in [1.807, 2.05) is 47.9 Å². The van der Waals surface area contributed by atoms with Gasteiger partial charge in [-0.15, -0.1) is 11.3 Å². The summed E-state index contributed by atoms with van der Waals surface area (Å²) in [5, 5.41) is 5.88. The zero-order valence-corrected chi connectivity index (χ0v) is 13.1. The summed E-state index contributed by atoms with van der Waals surface area (Å²) < 4.78 is 0. The average molecular weight is 318 g/mol. The van der Waals surface area contributed by atoms with E-state index < -0.39 is 0 Å². The van der Waals surface area contributed by atoms with Crippen molar-refractivity contribution in [2.75, 3.05) is 0 Å². The Labute approximate surface area is 133 Å². The number of carbonyl (C=O) groups is 1. The van der Waals surface area contributed by atoms with E-state index in [4.69, 9.17) is 11.6 Å². The Morgan fingerprint density at radius 2 is 2.00 bits per heavy atom. The van der Waals surface area contributed by atoms with Crippen LogP contribution in [0.25, 0.3) is 6.08 Å². The molecule has 0 atom stereocenters. The van der Waals surface area contributed by atoms with E-state index in [1.54, 1.807) is 17.4 Å². The second-order valence-corrected chi connectivity index (χ2v) is 6.70. The van der Waals surface area contributed by atoms with Gasteiger partial charge in [0.15, 0.2) is 0 Å². The molecule has 2 nitrogen and oxygen atoms in total. The third-order valence-corrected chi connectivity index (χ3v) is 5.00. The molecule has 3 rings (SSSR count). The standard InChI is InChI=1S/C17H16ClNOS/c18-14-6-4-13(5-7-14)17(10-2-11-17)19-16(20)9-8-15-3-1-12-21-15/h1,3-9,12H,2,10-11H2,(H,19,20)/b9-8+. The predicted octanol–water partition coefficient (Wildman–Crippen LogP) is 4.61. The molecule has 0 radical (unpaired) electrons. The summed E-state index contributed by atoms with van der Waals surface area (Å²) in [5.74, 6) is -0.0435. The van der Waals surface area contributed by atoms with Crippen LogP contribution in [0.3, 0.4) is 0 Å². The molecule has 1 aromatic heterocycles. The Morgan fingerprint density at radius 3 is 2.57 bits per heavy atom. The number of benzene rings is 1. The predicted molar refractivity (Wildman–Crippen MR) is 88.5 cm³/mol. The van der Waals surface area contributed by atoms with Crippen molar-refractivity contribution in [1.29, 1.82) is 0 Å². The quantitative estimate of drug-likeness (QED) is 0.820. The fourth-order valence-corrected chi connectivity index (χ4v) is 3.35. The molecular formula is C17H16ClNOS. The van der Waals surface area contributed by atoms with E-state index in [0.29, 0.717) is 0 Å². The van der Waals surface area contributed by atoms with Crippen LogP contribution in [-0.4, -0.2) is 5.91 Å². The minimum absolute atomic E-state index is 0.0435. The van der Waals surface area contributed by atoms with Crippen molar-refractivity contribution in [3.8, 4) is 0 Å². The first kappa shape index (κ1) is 14.4. The third kappa shape index (κ3) is 3.20. The lowest BCUT2D eigenvalue weighted by atomic mass is 9.72. The molecule has 4 heteroatoms. The van der Waals surface area contributed by atoms with Gasteiger partial charge in [-0.25, -0.2) is 0 Å². The van der Waals surface area contributed by atoms with Gasteiger partial charge in [-0.3, -0.25) is 4.79 Å². The van der Waals surface area contributed by atoms with Gasteiger partial charge in [-0.2, -0.15) is 0 Å². The minimum atomic E-state index is -0.221. The highest BCUT2D eigenvalue weighted by Gasteiger charge is 2.39. The molecule has 0 bridgehead atoms. The van der Waals surface area contributed by atoms with Crippen LogP contribution < -0.4 is 5.32 Å². The van der Waals surface area contributed by atoms with Crippen LogP contribution in [0, 0.1) is 0 Å². The molecule has 1 saturated carbocycles. The fraction of sp³-hybridized carbons (Fsp3) is 0.235. The van der Waals surface area contributed by atoms with Crippen LogP contribution in [-0.2, 0) is 10.3 Å². The number of rotatable bonds is 4. The first-order valence-corrected chi connectivity index (χ1v) is 8.24. The summed E-state index contributed by atoms with van der Waals surface area (Å²) in [6.07, 6.45) is 6.56. The van der Waals surface area contributed by atoms with Crippen molar-refractivity contribution in [2.24, 2.45) is 0 Å². The Bertz CT molecular complexity index is 642. The monoisotopic (exact) mass is 317 g/mol. The van der Waals surface area contributed by atoms with E-state index in [-0.39, 0.29) is 11.4 Å². The van der Waals surface area contributed by atoms with Crippen molar-refractivity contribution in [3.05, 3.63) is 63.3 Å². The lowest BCUT2D eigenvalue weighted by molar-refractivity contribution is -0.119. The number of thiophene rings is 1. The maximum Gasteiger partial charge on any atom is 0.244 e. The van der Waals surface area contributed by atoms with Gasteiger partial charge in [0, 0.05) is 16.0 Å². The molecule has 0 unspecified atom stereocenters. The maximum absolute atomic E-state index is 12.2. The number of amides is 1. The van der Waals surface area contributed by atoms with Gasteiger partial charge in [0.1, 0.15) is 0 Å². The first-order valence-electron chi connectivity index (χ1n) is 6.98. The van der Waals surface area contributed by atoms with Gasteiger partial charge in [0.05, 0.1) is 5.54 Å². The van der Waals surface area contributed by atoms with E-state index in [9.17, 15) is 4.79 Å². The van der Waals surface area contributed by atoms with Gasteiger partial charge < -0.3 is 5.32 Å². The second kappa shape index (κ2) is 6.04. The Hall–Kier alpha value is -1.58. The zero-order chi connectivity index (χ0) is 14.7. The van der Waals surface area contributed by atoms with Crippen LogP contribution in [0.4, 0.5) is 0 Å². The molecule has 1 aromatic carbocycles. The Kier molecular flexibility index (Phi) is 4.13. The van der Waals surface area contributed by atoms with E-state index >= 15 is 0 Å². The first-order chi connectivity index (χ1) is 10.2. The Balaban J connectivity index is 1.72. The van der Waals surface area contributed by atoms with E-state index in [0.717, 1.165) is 34.7 Å². The molecule has 1 aliphatic rings. The topological polar surface area (TPSA) is 29.1 Å². The van der Waals surface area contributed by atoms with Gasteiger partial charge in [-0.05, 0) is 54.5 Å². The molecule has 1 N–H and O–H groups in total. The smallest absolute Gasteiger partial charge is 0.244 e. The Morgan fingerprint density at radius 1 is 1.24 bits per heavy atom. The second-order valence-electron chi connectivity index (χ2n) is 5.28. The molecule has 0 saturated heterocycles. The number of carbonyl (C=O) groups excluding carboxylic acids is 1. The fourth-order valence-electron chi connectivity index (χ4n) is 2.61. The van der Waals surface area contributed by atoms with E-state index in [1.165, 1.54) is 0 Å². The van der Waals surface area contributed by atoms with E-state index in [2.05, 4.69) is 5.32 Å². The van der Waals surface area contributed by atoms with Crippen LogP contribution in [0.15, 0.2) is 47.9 Å². The molecule has 0 aliphatic heterocycles. The summed E-state index contributed by atoms with van der Waals surface area (Å²) in [4.78, 5) is 13.3. The van der Waals surface area contributed by atoms with Crippen LogP contribution >= 0.6 is 22.9 Å².